The first-order valence-electron chi connectivity index (χ1n) is 14.4. The molecular formula is C34H36FN3O5S. The third-order valence-electron chi connectivity index (χ3n) is 6.93. The summed E-state index contributed by atoms with van der Waals surface area (Å²) in [7, 11) is -4.26. The van der Waals surface area contributed by atoms with Gasteiger partial charge in [-0.2, -0.15) is 0 Å². The van der Waals surface area contributed by atoms with Gasteiger partial charge in [0, 0.05) is 19.5 Å². The van der Waals surface area contributed by atoms with Gasteiger partial charge in [0.25, 0.3) is 10.0 Å². The van der Waals surface area contributed by atoms with Crippen LogP contribution < -0.4 is 14.4 Å². The van der Waals surface area contributed by atoms with E-state index in [9.17, 15) is 22.4 Å². The Morgan fingerprint density at radius 1 is 0.818 bits per heavy atom. The number of likely N-dealkylation sites (N-methyl/N-ethyl adjacent to an activating group) is 1. The van der Waals surface area contributed by atoms with Crippen molar-refractivity contribution in [2.75, 3.05) is 24.0 Å². The molecule has 0 aliphatic carbocycles. The Morgan fingerprint density at radius 3 is 2.07 bits per heavy atom. The Kier molecular flexibility index (Phi) is 11.1. The predicted molar refractivity (Wildman–Crippen MR) is 168 cm³/mol. The third kappa shape index (κ3) is 8.02. The molecule has 8 nitrogen and oxygen atoms in total. The van der Waals surface area contributed by atoms with Crippen LogP contribution in [0.4, 0.5) is 10.1 Å². The summed E-state index contributed by atoms with van der Waals surface area (Å²) < 4.78 is 48.8. The Morgan fingerprint density at radius 2 is 1.43 bits per heavy atom. The highest BCUT2D eigenvalue weighted by atomic mass is 32.2. The van der Waals surface area contributed by atoms with E-state index in [2.05, 4.69) is 5.32 Å². The number of rotatable bonds is 14. The van der Waals surface area contributed by atoms with E-state index in [4.69, 9.17) is 4.74 Å². The summed E-state index contributed by atoms with van der Waals surface area (Å²) in [4.78, 5) is 29.3. The van der Waals surface area contributed by atoms with Crippen molar-refractivity contribution in [2.24, 2.45) is 0 Å². The van der Waals surface area contributed by atoms with Gasteiger partial charge in [0.15, 0.2) is 0 Å². The van der Waals surface area contributed by atoms with Crippen LogP contribution in [0.5, 0.6) is 5.75 Å². The van der Waals surface area contributed by atoms with E-state index in [0.29, 0.717) is 12.1 Å². The second-order valence-corrected chi connectivity index (χ2v) is 11.8. The fourth-order valence-corrected chi connectivity index (χ4v) is 6.25. The number of carbonyl (C=O) groups is 2. The van der Waals surface area contributed by atoms with E-state index in [1.165, 1.54) is 41.3 Å². The third-order valence-corrected chi connectivity index (χ3v) is 8.71. The molecule has 0 aromatic heterocycles. The van der Waals surface area contributed by atoms with Gasteiger partial charge in [-0.25, -0.2) is 12.8 Å². The molecule has 0 radical (unpaired) electrons. The van der Waals surface area contributed by atoms with E-state index >= 15 is 0 Å². The molecule has 2 amide bonds. The minimum Gasteiger partial charge on any atom is -0.492 e. The van der Waals surface area contributed by atoms with Crippen molar-refractivity contribution < 1.29 is 27.1 Å². The van der Waals surface area contributed by atoms with Crippen LogP contribution >= 0.6 is 0 Å². The number of nitrogens with zero attached hydrogens (tertiary/aromatic N) is 2. The molecule has 0 unspecified atom stereocenters. The molecule has 0 spiro atoms. The maximum absolute atomic E-state index is 14.4. The van der Waals surface area contributed by atoms with Gasteiger partial charge in [0.2, 0.25) is 11.8 Å². The average molecular weight is 618 g/mol. The molecule has 0 aliphatic heterocycles. The van der Waals surface area contributed by atoms with Crippen molar-refractivity contribution in [3.8, 4) is 5.75 Å². The van der Waals surface area contributed by atoms with Crippen LogP contribution in [0, 0.1) is 5.82 Å². The first-order chi connectivity index (χ1) is 21.2. The Hall–Kier alpha value is -4.70. The second-order valence-electron chi connectivity index (χ2n) is 9.97. The number of para-hydroxylation sites is 2. The van der Waals surface area contributed by atoms with Crippen molar-refractivity contribution in [3.05, 3.63) is 126 Å². The summed E-state index contributed by atoms with van der Waals surface area (Å²) >= 11 is 0. The van der Waals surface area contributed by atoms with Crippen LogP contribution in [0.1, 0.15) is 25.0 Å². The van der Waals surface area contributed by atoms with Crippen LogP contribution in [0.15, 0.2) is 114 Å². The summed E-state index contributed by atoms with van der Waals surface area (Å²) in [5, 5.41) is 2.82. The van der Waals surface area contributed by atoms with Gasteiger partial charge in [-0.1, -0.05) is 72.8 Å². The van der Waals surface area contributed by atoms with Gasteiger partial charge >= 0.3 is 0 Å². The zero-order chi connectivity index (χ0) is 31.5. The Balaban J connectivity index is 1.82. The Labute approximate surface area is 258 Å². The minimum atomic E-state index is -4.26. The van der Waals surface area contributed by atoms with Crippen LogP contribution in [0.3, 0.4) is 0 Å². The molecule has 0 saturated heterocycles. The molecule has 230 valence electrons. The van der Waals surface area contributed by atoms with Crippen LogP contribution in [-0.2, 0) is 32.6 Å². The lowest BCUT2D eigenvalue weighted by atomic mass is 10.0. The maximum atomic E-state index is 14.4. The second kappa shape index (κ2) is 15.2. The minimum absolute atomic E-state index is 0.00579. The molecule has 4 rings (SSSR count). The summed E-state index contributed by atoms with van der Waals surface area (Å²) in [6.45, 7) is 3.49. The number of nitrogens with one attached hydrogen (secondary N) is 1. The smallest absolute Gasteiger partial charge is 0.264 e. The Bertz CT molecular complexity index is 1630. The largest absolute Gasteiger partial charge is 0.492 e. The summed E-state index contributed by atoms with van der Waals surface area (Å²) in [6, 6.07) is 28.3. The molecule has 4 aromatic carbocycles. The zero-order valence-electron chi connectivity index (χ0n) is 24.7. The van der Waals surface area contributed by atoms with E-state index in [1.54, 1.807) is 56.3 Å². The van der Waals surface area contributed by atoms with Crippen molar-refractivity contribution >= 4 is 27.5 Å². The SMILES string of the molecule is CCNC(=O)[C@@H](Cc1ccccc1)N(Cc1ccc(F)cc1)C(=O)CN(c1ccccc1OCC)S(=O)(=O)c1ccccc1. The van der Waals surface area contributed by atoms with Crippen molar-refractivity contribution in [1.82, 2.24) is 10.2 Å². The number of ether oxygens (including phenoxy) is 1. The number of carbonyl (C=O) groups excluding carboxylic acids is 2. The number of amides is 2. The van der Waals surface area contributed by atoms with Crippen LogP contribution in [-0.4, -0.2) is 50.9 Å². The predicted octanol–water partition coefficient (Wildman–Crippen LogP) is 5.20. The average Bonchev–Trinajstić information content (AvgIpc) is 3.04. The quantitative estimate of drug-likeness (QED) is 0.210. The first kappa shape index (κ1) is 32.2. The highest BCUT2D eigenvalue weighted by molar-refractivity contribution is 7.92. The van der Waals surface area contributed by atoms with Gasteiger partial charge in [-0.3, -0.25) is 13.9 Å². The molecular weight excluding hydrogens is 581 g/mol. The highest BCUT2D eigenvalue weighted by Gasteiger charge is 2.35. The molecule has 0 aliphatic rings. The van der Waals surface area contributed by atoms with Gasteiger partial charge in [0.05, 0.1) is 17.2 Å². The fourth-order valence-electron chi connectivity index (χ4n) is 4.81. The molecule has 0 saturated carbocycles. The van der Waals surface area contributed by atoms with Crippen LogP contribution in [0.25, 0.3) is 0 Å². The molecule has 1 atom stereocenters. The fraction of sp³-hybridized carbons (Fsp3) is 0.235. The molecule has 4 aromatic rings. The lowest BCUT2D eigenvalue weighted by Crippen LogP contribution is -2.53. The van der Waals surface area contributed by atoms with Gasteiger partial charge in [0.1, 0.15) is 24.2 Å². The maximum Gasteiger partial charge on any atom is 0.264 e. The molecule has 0 fully saturated rings. The molecule has 0 bridgehead atoms. The van der Waals surface area contributed by atoms with E-state index in [-0.39, 0.29) is 41.8 Å². The first-order valence-corrected chi connectivity index (χ1v) is 15.8. The number of sulfonamides is 1. The lowest BCUT2D eigenvalue weighted by Gasteiger charge is -2.34. The molecule has 1 N–H and O–H groups in total. The number of anilines is 1. The summed E-state index contributed by atoms with van der Waals surface area (Å²) in [6.07, 6.45) is 0.181. The topological polar surface area (TPSA) is 96.0 Å². The molecule has 10 heteroatoms. The van der Waals surface area contributed by atoms with Gasteiger partial charge in [-0.15, -0.1) is 0 Å². The lowest BCUT2D eigenvalue weighted by molar-refractivity contribution is -0.140. The zero-order valence-corrected chi connectivity index (χ0v) is 25.5. The summed E-state index contributed by atoms with van der Waals surface area (Å²) in [5.74, 6) is -1.16. The number of halogens is 1. The highest BCUT2D eigenvalue weighted by Crippen LogP contribution is 2.33. The molecule has 0 heterocycles. The number of benzene rings is 4. The van der Waals surface area contributed by atoms with Gasteiger partial charge < -0.3 is 15.0 Å². The summed E-state index contributed by atoms with van der Waals surface area (Å²) in [5.41, 5.74) is 1.58. The molecule has 44 heavy (non-hydrogen) atoms. The van der Waals surface area contributed by atoms with E-state index < -0.39 is 34.3 Å². The van der Waals surface area contributed by atoms with E-state index in [1.807, 2.05) is 30.3 Å². The van der Waals surface area contributed by atoms with Gasteiger partial charge in [-0.05, 0) is 61.4 Å². The standard InChI is InChI=1S/C34H36FN3O5S/c1-3-36-34(40)31(23-26-13-7-5-8-14-26)37(24-27-19-21-28(35)22-20-27)33(39)25-38(30-17-11-12-18-32(30)43-4-2)44(41,42)29-15-9-6-10-16-29/h5-22,31H,3-4,23-25H2,1-2H3,(H,36,40)/t31-/m1/s1. The van der Waals surface area contributed by atoms with Crippen molar-refractivity contribution in [1.29, 1.82) is 0 Å². The van der Waals surface area contributed by atoms with E-state index in [0.717, 1.165) is 9.87 Å². The monoisotopic (exact) mass is 617 g/mol. The number of hydrogen-bond acceptors (Lipinski definition) is 5. The number of hydrogen-bond donors (Lipinski definition) is 1. The van der Waals surface area contributed by atoms with Crippen LogP contribution in [0.2, 0.25) is 0 Å². The van der Waals surface area contributed by atoms with Crippen molar-refractivity contribution in [2.45, 2.75) is 37.8 Å². The normalized spacial score (nSPS) is 11.8. The van der Waals surface area contributed by atoms with Crippen molar-refractivity contribution in [3.63, 3.8) is 0 Å².